The molecule has 2 N–H and O–H groups in total. The molecule has 2 atom stereocenters. The van der Waals surface area contributed by atoms with Crippen molar-refractivity contribution >= 4 is 51.0 Å². The number of anilines is 1. The van der Waals surface area contributed by atoms with Crippen LogP contribution in [0.5, 0.6) is 0 Å². The molecular formula is C54H60F3N11O5. The van der Waals surface area contributed by atoms with Crippen LogP contribution in [0, 0.1) is 23.4 Å². The maximum Gasteiger partial charge on any atom is 0.330 e. The van der Waals surface area contributed by atoms with Gasteiger partial charge in [0.15, 0.2) is 5.82 Å². The lowest BCUT2D eigenvalue weighted by molar-refractivity contribution is -0.135. The molecule has 16 nitrogen and oxygen atoms in total. The molecule has 0 spiro atoms. The van der Waals surface area contributed by atoms with E-state index in [0.29, 0.717) is 79.8 Å². The summed E-state index contributed by atoms with van der Waals surface area (Å²) in [6.07, 6.45) is 8.93. The Kier molecular flexibility index (Phi) is 13.0. The molecule has 1 saturated carbocycles. The van der Waals surface area contributed by atoms with E-state index in [0.717, 1.165) is 80.7 Å². The van der Waals surface area contributed by atoms with Crippen molar-refractivity contribution in [3.8, 4) is 5.69 Å². The highest BCUT2D eigenvalue weighted by molar-refractivity contribution is 6.00. The zero-order valence-corrected chi connectivity index (χ0v) is 41.4. The first kappa shape index (κ1) is 48.4. The molecule has 73 heavy (non-hydrogen) atoms. The number of amides is 3. The Morgan fingerprint density at radius 1 is 0.822 bits per heavy atom. The number of piperazine rings is 1. The van der Waals surface area contributed by atoms with E-state index in [4.69, 9.17) is 0 Å². The van der Waals surface area contributed by atoms with Gasteiger partial charge in [-0.25, -0.2) is 22.9 Å². The van der Waals surface area contributed by atoms with Crippen LogP contribution in [-0.2, 0) is 29.7 Å². The monoisotopic (exact) mass is 999 g/mol. The molecule has 19 heteroatoms. The van der Waals surface area contributed by atoms with Gasteiger partial charge in [-0.15, -0.1) is 0 Å². The van der Waals surface area contributed by atoms with Crippen LogP contribution >= 0.6 is 0 Å². The molecule has 6 aromatic rings. The first-order chi connectivity index (χ1) is 35.2. The molecule has 0 radical (unpaired) electrons. The number of pyridine rings is 2. The van der Waals surface area contributed by atoms with Gasteiger partial charge in [-0.05, 0) is 98.9 Å². The zero-order chi connectivity index (χ0) is 50.8. The second-order valence-electron chi connectivity index (χ2n) is 20.6. The average Bonchev–Trinajstić information content (AvgIpc) is 4.11. The van der Waals surface area contributed by atoms with Crippen LogP contribution in [0.2, 0.25) is 0 Å². The summed E-state index contributed by atoms with van der Waals surface area (Å²) in [5.41, 5.74) is 4.68. The van der Waals surface area contributed by atoms with Gasteiger partial charge in [-0.2, -0.15) is 0 Å². The van der Waals surface area contributed by atoms with Gasteiger partial charge < -0.3 is 14.8 Å². The van der Waals surface area contributed by atoms with Crippen LogP contribution in [0.1, 0.15) is 91.1 Å². The highest BCUT2D eigenvalue weighted by Crippen LogP contribution is 2.38. The molecule has 1 aliphatic carbocycles. The number of aromatic nitrogens is 5. The highest BCUT2D eigenvalue weighted by Gasteiger charge is 2.36. The van der Waals surface area contributed by atoms with E-state index in [1.54, 1.807) is 28.8 Å². The van der Waals surface area contributed by atoms with Crippen molar-refractivity contribution in [1.29, 1.82) is 0 Å². The van der Waals surface area contributed by atoms with Gasteiger partial charge in [0.1, 0.15) is 23.3 Å². The van der Waals surface area contributed by atoms with Gasteiger partial charge in [0, 0.05) is 133 Å². The minimum atomic E-state index is -0.754. The molecular weight excluding hydrogens is 940 g/mol. The van der Waals surface area contributed by atoms with Gasteiger partial charge in [0.05, 0.1) is 28.6 Å². The first-order valence-electron chi connectivity index (χ1n) is 25.5. The summed E-state index contributed by atoms with van der Waals surface area (Å²) in [7, 11) is 3.43. The van der Waals surface area contributed by atoms with Crippen LogP contribution in [-0.4, -0.2) is 126 Å². The van der Waals surface area contributed by atoms with Gasteiger partial charge in [-0.3, -0.25) is 52.9 Å². The van der Waals surface area contributed by atoms with Crippen molar-refractivity contribution in [1.82, 2.24) is 48.2 Å². The fourth-order valence-electron chi connectivity index (χ4n) is 11.7. The Labute approximate surface area is 419 Å². The molecule has 4 fully saturated rings. The van der Waals surface area contributed by atoms with Crippen molar-refractivity contribution in [3.05, 3.63) is 128 Å². The van der Waals surface area contributed by atoms with E-state index >= 15 is 8.78 Å². The first-order valence-corrected chi connectivity index (χ1v) is 25.5. The summed E-state index contributed by atoms with van der Waals surface area (Å²) in [4.78, 5) is 78.4. The molecule has 3 saturated heterocycles. The van der Waals surface area contributed by atoms with Crippen molar-refractivity contribution in [2.45, 2.75) is 83.1 Å². The number of nitrogens with zero attached hydrogens (tertiary/aromatic N) is 9. The minimum absolute atomic E-state index is 0.00793. The summed E-state index contributed by atoms with van der Waals surface area (Å²) in [6.45, 7) is 9.02. The van der Waals surface area contributed by atoms with E-state index < -0.39 is 29.4 Å². The Balaban J connectivity index is 0.674. The summed E-state index contributed by atoms with van der Waals surface area (Å²) in [5, 5.41) is 5.78. The molecule has 8 heterocycles. The number of rotatable bonds is 12. The molecule has 3 amide bonds. The maximum atomic E-state index is 15.9. The Morgan fingerprint density at radius 2 is 1.60 bits per heavy atom. The lowest BCUT2D eigenvalue weighted by Gasteiger charge is -2.42. The topological polar surface area (TPSA) is 155 Å². The molecule has 1 unspecified atom stereocenters. The van der Waals surface area contributed by atoms with Crippen LogP contribution in [0.15, 0.2) is 76.6 Å². The summed E-state index contributed by atoms with van der Waals surface area (Å²) >= 11 is 0. The number of likely N-dealkylation sites (tertiary alicyclic amines) is 1. The summed E-state index contributed by atoms with van der Waals surface area (Å²) in [6, 6.07) is 13.0. The number of hydrogen-bond donors (Lipinski definition) is 2. The van der Waals surface area contributed by atoms with Crippen LogP contribution in [0.25, 0.3) is 33.3 Å². The average molecular weight is 1000 g/mol. The van der Waals surface area contributed by atoms with E-state index in [1.165, 1.54) is 29.0 Å². The SMILES string of the molecule is CNc1cc(=O)n(-c2ccnc3c2cc(CN2CC=C(c4c(F)cc(C(=O)N5CCC(CN6CCN(Cc7ccc8c(c7)n(C7CC7)c(=O)n8C7CCC(=O)NC7=O)C[C@@H]6C)CC5)cc4F)CC2)n3C)cc1F. The summed E-state index contributed by atoms with van der Waals surface area (Å²) in [5.74, 6) is -2.79. The number of imide groups is 1. The zero-order valence-electron chi connectivity index (χ0n) is 41.4. The molecule has 0 bridgehead atoms. The van der Waals surface area contributed by atoms with Crippen molar-refractivity contribution in [2.75, 3.05) is 64.7 Å². The fourth-order valence-corrected chi connectivity index (χ4v) is 11.7. The third-order valence-corrected chi connectivity index (χ3v) is 15.9. The van der Waals surface area contributed by atoms with Crippen LogP contribution < -0.4 is 21.9 Å². The molecule has 4 aliphatic heterocycles. The number of benzene rings is 2. The predicted molar refractivity (Wildman–Crippen MR) is 271 cm³/mol. The van der Waals surface area contributed by atoms with Gasteiger partial charge >= 0.3 is 5.69 Å². The number of carbonyl (C=O) groups excluding carboxylic acids is 3. The fraction of sp³-hybridized carbons (Fsp3) is 0.444. The van der Waals surface area contributed by atoms with E-state index in [2.05, 4.69) is 43.3 Å². The number of carbonyl (C=O) groups is 3. The summed E-state index contributed by atoms with van der Waals surface area (Å²) < 4.78 is 53.1. The molecule has 382 valence electrons. The quantitative estimate of drug-likeness (QED) is 0.141. The minimum Gasteiger partial charge on any atom is -0.386 e. The number of fused-ring (bicyclic) bond motifs is 2. The van der Waals surface area contributed by atoms with E-state index in [1.807, 2.05) is 40.5 Å². The molecule has 4 aromatic heterocycles. The van der Waals surface area contributed by atoms with Gasteiger partial charge in [-0.1, -0.05) is 12.1 Å². The number of halogens is 3. The Morgan fingerprint density at radius 3 is 2.30 bits per heavy atom. The Bertz CT molecular complexity index is 3320. The standard InChI is InChI=1S/C54H60F3N11O5/c1-32-27-63(28-34-4-7-45-47(22-34)67(37-5-6-37)54(73)68(45)46-8-9-48(69)60-52(46)71)20-21-65(32)29-33-11-18-64(19-12-33)53(72)36-23-40(55)50(41(56)24-36)35-13-16-62(17-14-35)30-38-25-39-44(10-15-59-51(39)61(38)3)66-31-42(57)43(58-2)26-49(66)70/h4,7,10,13,15,22-26,31-33,37,46,58H,5-6,8-9,11-12,14,16-21,27-30H2,1-3H3,(H,60,69,71)/t32-,46?/m0/s1. The molecule has 5 aliphatic rings. The van der Waals surface area contributed by atoms with Crippen LogP contribution in [0.4, 0.5) is 18.9 Å². The number of imidazole rings is 1. The highest BCUT2D eigenvalue weighted by atomic mass is 19.1. The molecule has 11 rings (SSSR count). The second kappa shape index (κ2) is 19.5. The largest absolute Gasteiger partial charge is 0.386 e. The van der Waals surface area contributed by atoms with Gasteiger partial charge in [0.25, 0.3) is 11.5 Å². The van der Waals surface area contributed by atoms with E-state index in [-0.39, 0.29) is 52.3 Å². The third-order valence-electron chi connectivity index (χ3n) is 15.9. The number of nitrogens with one attached hydrogen (secondary N) is 2. The lowest BCUT2D eigenvalue weighted by atomic mass is 9.94. The Hall–Kier alpha value is -6.83. The van der Waals surface area contributed by atoms with Crippen molar-refractivity contribution in [3.63, 3.8) is 0 Å². The van der Waals surface area contributed by atoms with Crippen molar-refractivity contribution < 1.29 is 27.6 Å². The number of hydrogen-bond acceptors (Lipinski definition) is 10. The second-order valence-corrected chi connectivity index (χ2v) is 20.6. The number of aryl methyl sites for hydroxylation is 1. The van der Waals surface area contributed by atoms with Gasteiger partial charge in [0.2, 0.25) is 11.8 Å². The van der Waals surface area contributed by atoms with E-state index in [9.17, 15) is 28.4 Å². The van der Waals surface area contributed by atoms with Crippen LogP contribution in [0.3, 0.4) is 0 Å². The third kappa shape index (κ3) is 9.31. The maximum absolute atomic E-state index is 15.9. The smallest absolute Gasteiger partial charge is 0.330 e. The number of piperidine rings is 2. The van der Waals surface area contributed by atoms with Crippen molar-refractivity contribution in [2.24, 2.45) is 13.0 Å². The normalized spacial score (nSPS) is 20.8. The molecule has 2 aromatic carbocycles. The predicted octanol–water partition coefficient (Wildman–Crippen LogP) is 5.96. The lowest BCUT2D eigenvalue weighted by Crippen LogP contribution is -2.53.